The Bertz CT molecular complexity index is 1940. The molecule has 0 fully saturated rings. The number of unbranched alkanes of at least 4 members (excludes halogenated alkanes) is 53. The molecule has 2 atom stereocenters. The highest BCUT2D eigenvalue weighted by Crippen LogP contribution is 2.20. The van der Waals surface area contributed by atoms with Gasteiger partial charge in [0.15, 0.2) is 6.10 Å². The largest absolute Gasteiger partial charge is 0.477 e. The number of quaternary nitrogens is 1. The molecule has 0 amide bonds. The number of ether oxygens (including phenoxy) is 4. The van der Waals surface area contributed by atoms with Crippen molar-refractivity contribution >= 4 is 17.9 Å². The van der Waals surface area contributed by atoms with Crippen molar-refractivity contribution in [2.45, 2.75) is 437 Å². The van der Waals surface area contributed by atoms with Crippen LogP contribution >= 0.6 is 0 Å². The van der Waals surface area contributed by atoms with Gasteiger partial charge in [0.1, 0.15) is 13.2 Å². The van der Waals surface area contributed by atoms with Crippen molar-refractivity contribution in [2.75, 3.05) is 47.5 Å². The van der Waals surface area contributed by atoms with Crippen molar-refractivity contribution < 1.29 is 42.9 Å². The number of carbonyl (C=O) groups is 3. The van der Waals surface area contributed by atoms with Crippen LogP contribution in [-0.2, 0) is 33.3 Å². The minimum atomic E-state index is -1.51. The summed E-state index contributed by atoms with van der Waals surface area (Å²) in [7, 11) is 6.00. The monoisotopic (exact) mass is 1420 g/mol. The Morgan fingerprint density at radius 1 is 0.307 bits per heavy atom. The van der Waals surface area contributed by atoms with Gasteiger partial charge in [0, 0.05) is 12.8 Å². The van der Waals surface area contributed by atoms with Crippen molar-refractivity contribution in [2.24, 2.45) is 0 Å². The van der Waals surface area contributed by atoms with E-state index in [2.05, 4.69) is 98.9 Å². The lowest BCUT2D eigenvalue weighted by Crippen LogP contribution is -2.40. The highest BCUT2D eigenvalue weighted by atomic mass is 16.7. The first-order chi connectivity index (χ1) is 49.6. The third-order valence-electron chi connectivity index (χ3n) is 19.6. The van der Waals surface area contributed by atoms with Crippen LogP contribution in [0.4, 0.5) is 0 Å². The number of esters is 2. The van der Waals surface area contributed by atoms with Crippen LogP contribution in [0.5, 0.6) is 0 Å². The molecule has 0 aliphatic carbocycles. The van der Waals surface area contributed by atoms with Crippen LogP contribution in [0.2, 0.25) is 0 Å². The van der Waals surface area contributed by atoms with Crippen LogP contribution < -0.4 is 0 Å². The first kappa shape index (κ1) is 97.5. The average Bonchev–Trinajstić information content (AvgIpc) is 1.21. The highest BCUT2D eigenvalue weighted by molar-refractivity contribution is 5.71. The molecule has 588 valence electrons. The predicted octanol–water partition coefficient (Wildman–Crippen LogP) is 28.5. The summed E-state index contributed by atoms with van der Waals surface area (Å²) >= 11 is 0. The Morgan fingerprint density at radius 3 is 0.842 bits per heavy atom. The number of hydrogen-bond acceptors (Lipinski definition) is 7. The Labute approximate surface area is 627 Å². The fourth-order valence-electron chi connectivity index (χ4n) is 13.0. The van der Waals surface area contributed by atoms with Gasteiger partial charge in [0.2, 0.25) is 0 Å². The molecule has 0 aliphatic heterocycles. The van der Waals surface area contributed by atoms with Gasteiger partial charge in [-0.25, -0.2) is 4.79 Å². The summed E-state index contributed by atoms with van der Waals surface area (Å²) in [5.41, 5.74) is 0. The zero-order chi connectivity index (χ0) is 73.2. The summed E-state index contributed by atoms with van der Waals surface area (Å²) in [4.78, 5) is 37.8. The lowest BCUT2D eigenvalue weighted by Gasteiger charge is -2.25. The molecule has 101 heavy (non-hydrogen) atoms. The molecule has 0 radical (unpaired) electrons. The molecule has 9 heteroatoms. The van der Waals surface area contributed by atoms with Gasteiger partial charge in [-0.15, -0.1) is 0 Å². The quantitative estimate of drug-likeness (QED) is 0.0211. The van der Waals surface area contributed by atoms with Gasteiger partial charge in [-0.3, -0.25) is 9.59 Å². The summed E-state index contributed by atoms with van der Waals surface area (Å²) in [5, 5.41) is 9.79. The molecule has 0 bridgehead atoms. The number of carboxylic acid groups (broad SMARTS) is 1. The van der Waals surface area contributed by atoms with Gasteiger partial charge in [0.05, 0.1) is 34.4 Å². The average molecular weight is 1420 g/mol. The second-order valence-electron chi connectivity index (χ2n) is 30.8. The van der Waals surface area contributed by atoms with E-state index < -0.39 is 18.4 Å². The van der Waals surface area contributed by atoms with Crippen molar-refractivity contribution in [3.8, 4) is 0 Å². The second-order valence-corrected chi connectivity index (χ2v) is 30.8. The lowest BCUT2D eigenvalue weighted by atomic mass is 10.0. The maximum Gasteiger partial charge on any atom is 0.361 e. The number of nitrogens with zero attached hydrogens (tertiary/aromatic N) is 1. The zero-order valence-corrected chi connectivity index (χ0v) is 67.6. The van der Waals surface area contributed by atoms with E-state index in [0.29, 0.717) is 17.4 Å². The van der Waals surface area contributed by atoms with Gasteiger partial charge in [-0.05, 0) is 89.9 Å². The van der Waals surface area contributed by atoms with Crippen LogP contribution in [0.3, 0.4) is 0 Å². The van der Waals surface area contributed by atoms with E-state index in [0.717, 1.165) is 77.0 Å². The Kier molecular flexibility index (Phi) is 79.3. The Morgan fingerprint density at radius 2 is 0.564 bits per heavy atom. The van der Waals surface area contributed by atoms with Crippen molar-refractivity contribution in [3.63, 3.8) is 0 Å². The molecular formula is C92H168NO8+. The van der Waals surface area contributed by atoms with Gasteiger partial charge in [-0.2, -0.15) is 0 Å². The summed E-state index contributed by atoms with van der Waals surface area (Å²) in [6.07, 6.45) is 111. The fourth-order valence-corrected chi connectivity index (χ4v) is 13.0. The van der Waals surface area contributed by atoms with E-state index in [1.54, 1.807) is 0 Å². The molecule has 0 aromatic heterocycles. The predicted molar refractivity (Wildman–Crippen MR) is 438 cm³/mol. The summed E-state index contributed by atoms with van der Waals surface area (Å²) in [5.74, 6) is -1.97. The molecule has 0 aromatic rings. The number of allylic oxidation sites excluding steroid dienone is 14. The molecule has 0 rings (SSSR count). The first-order valence-corrected chi connectivity index (χ1v) is 43.8. The minimum absolute atomic E-state index is 0.177. The molecule has 0 saturated heterocycles. The van der Waals surface area contributed by atoms with E-state index in [9.17, 15) is 19.5 Å². The summed E-state index contributed by atoms with van der Waals surface area (Å²) < 4.78 is 23.1. The van der Waals surface area contributed by atoms with E-state index in [-0.39, 0.29) is 38.2 Å². The number of aliphatic carboxylic acids is 1. The van der Waals surface area contributed by atoms with Crippen LogP contribution in [-0.4, -0.2) is 87.4 Å². The van der Waals surface area contributed by atoms with E-state index >= 15 is 0 Å². The summed E-state index contributed by atoms with van der Waals surface area (Å²) in [6, 6.07) is 0. The third kappa shape index (κ3) is 83.6. The van der Waals surface area contributed by atoms with Crippen LogP contribution in [0.15, 0.2) is 85.1 Å². The SMILES string of the molecule is CC/C=C\C/C=C\C/C=C\C/C=C\C/C=C\CCCCCCCCCCCCCCCCCCCCCCCCCC(=O)OC(COC(=O)CCCCCCCCCCCCCCCCCCCCCCCCCCC/C=C\C/C=C\CCCCCCC)COC(OCC[N+](C)(C)C)C(=O)O. The van der Waals surface area contributed by atoms with Crippen molar-refractivity contribution in [3.05, 3.63) is 85.1 Å². The second kappa shape index (κ2) is 82.1. The normalized spacial score (nSPS) is 13.0. The minimum Gasteiger partial charge on any atom is -0.477 e. The smallest absolute Gasteiger partial charge is 0.361 e. The van der Waals surface area contributed by atoms with Crippen LogP contribution in [0.1, 0.15) is 425 Å². The standard InChI is InChI=1S/C92H167NO8/c1-6-8-10-12-14-16-18-20-22-24-26-28-30-32-34-36-38-40-42-44-45-47-49-51-53-55-57-59-61-63-65-67-69-71-73-75-77-79-81-83-90(95)101-88(87-100-92(91(96)97)98-85-84-93(3,4)5)86-99-89(94)82-80-78-76-74-72-70-68-66-64-62-60-58-56-54-52-50-48-46-43-41-39-37-35-33-31-29-27-25-23-21-19-17-15-13-11-9-7-2/h8,10,14,16,19-22,25-28,32,34,88,92H,6-7,9,11-13,15,17-18,23-24,29-31,33,35-87H2,1-5H3/p+1/b10-8-,16-14-,21-19-,22-20-,27-25-,28-26-,34-32-. The Hall–Kier alpha value is -3.53. The fraction of sp³-hybridized carbons (Fsp3) is 0.815. The molecule has 0 aliphatic rings. The third-order valence-corrected chi connectivity index (χ3v) is 19.6. The van der Waals surface area contributed by atoms with Gasteiger partial charge >= 0.3 is 17.9 Å². The first-order valence-electron chi connectivity index (χ1n) is 43.8. The van der Waals surface area contributed by atoms with Gasteiger partial charge < -0.3 is 28.5 Å². The topological polar surface area (TPSA) is 108 Å². The summed E-state index contributed by atoms with van der Waals surface area (Å²) in [6.45, 7) is 4.82. The van der Waals surface area contributed by atoms with E-state index in [4.69, 9.17) is 18.9 Å². The lowest BCUT2D eigenvalue weighted by molar-refractivity contribution is -0.870. The molecule has 9 nitrogen and oxygen atoms in total. The maximum atomic E-state index is 13.0. The zero-order valence-electron chi connectivity index (χ0n) is 67.6. The Balaban J connectivity index is 3.92. The highest BCUT2D eigenvalue weighted by Gasteiger charge is 2.25. The van der Waals surface area contributed by atoms with Gasteiger partial charge in [-0.1, -0.05) is 407 Å². The molecule has 0 spiro atoms. The van der Waals surface area contributed by atoms with Crippen LogP contribution in [0.25, 0.3) is 0 Å². The molecule has 0 aromatic carbocycles. The van der Waals surface area contributed by atoms with E-state index in [1.165, 1.54) is 321 Å². The van der Waals surface area contributed by atoms with Crippen LogP contribution in [0, 0.1) is 0 Å². The maximum absolute atomic E-state index is 13.0. The number of carbonyl (C=O) groups excluding carboxylic acids is 2. The van der Waals surface area contributed by atoms with Crippen molar-refractivity contribution in [1.82, 2.24) is 0 Å². The number of hydrogen-bond donors (Lipinski definition) is 1. The molecule has 0 heterocycles. The number of likely N-dealkylation sites (N-methyl/N-ethyl adjacent to an activating group) is 1. The number of rotatable bonds is 82. The molecule has 1 N–H and O–H groups in total. The van der Waals surface area contributed by atoms with E-state index in [1.807, 2.05) is 21.1 Å². The molecular weight excluding hydrogens is 1250 g/mol. The van der Waals surface area contributed by atoms with Crippen molar-refractivity contribution in [1.29, 1.82) is 0 Å². The number of carboxylic acids is 1. The molecule has 0 saturated carbocycles. The van der Waals surface area contributed by atoms with Gasteiger partial charge in [0.25, 0.3) is 6.29 Å². The molecule has 2 unspecified atom stereocenters.